The SMILES string of the molecule is Cc1ccc(NC(=O)C(OC(=O)c2ccc3c(c2)C(=O)N(C)C3=O)c2ccccc2)c([N+](=O)[O-])c1. The van der Waals surface area contributed by atoms with Crippen molar-refractivity contribution in [1.29, 1.82) is 0 Å². The molecule has 0 fully saturated rings. The molecule has 4 rings (SSSR count). The lowest BCUT2D eigenvalue weighted by molar-refractivity contribution is -0.384. The first-order valence-corrected chi connectivity index (χ1v) is 10.5. The van der Waals surface area contributed by atoms with Gasteiger partial charge in [-0.15, -0.1) is 0 Å². The summed E-state index contributed by atoms with van der Waals surface area (Å²) in [6, 6.07) is 16.4. The van der Waals surface area contributed by atoms with Crippen LogP contribution < -0.4 is 5.32 Å². The number of esters is 1. The summed E-state index contributed by atoms with van der Waals surface area (Å²) in [7, 11) is 1.34. The number of nitro benzene ring substituents is 1. The Bertz CT molecular complexity index is 1390. The van der Waals surface area contributed by atoms with Crippen LogP contribution in [-0.4, -0.2) is 40.6 Å². The smallest absolute Gasteiger partial charge is 0.339 e. The molecule has 176 valence electrons. The van der Waals surface area contributed by atoms with E-state index in [1.165, 1.54) is 37.4 Å². The minimum Gasteiger partial charge on any atom is -0.444 e. The number of hydrogen-bond donors (Lipinski definition) is 1. The van der Waals surface area contributed by atoms with E-state index in [-0.39, 0.29) is 28.1 Å². The van der Waals surface area contributed by atoms with Crippen LogP contribution in [0.25, 0.3) is 0 Å². The van der Waals surface area contributed by atoms with E-state index in [0.717, 1.165) is 4.90 Å². The maximum atomic E-state index is 13.1. The Hall–Kier alpha value is -4.86. The van der Waals surface area contributed by atoms with Crippen LogP contribution in [0.1, 0.15) is 48.3 Å². The Morgan fingerprint density at radius 2 is 1.66 bits per heavy atom. The van der Waals surface area contributed by atoms with Gasteiger partial charge in [-0.3, -0.25) is 29.4 Å². The fourth-order valence-corrected chi connectivity index (χ4v) is 3.66. The molecule has 0 radical (unpaired) electrons. The summed E-state index contributed by atoms with van der Waals surface area (Å²) >= 11 is 0. The van der Waals surface area contributed by atoms with E-state index in [4.69, 9.17) is 4.74 Å². The van der Waals surface area contributed by atoms with Gasteiger partial charge in [0.25, 0.3) is 23.4 Å². The van der Waals surface area contributed by atoms with E-state index in [9.17, 15) is 29.3 Å². The number of aryl methyl sites for hydroxylation is 1. The van der Waals surface area contributed by atoms with Crippen LogP contribution in [-0.2, 0) is 9.53 Å². The molecule has 1 aliphatic heterocycles. The zero-order chi connectivity index (χ0) is 25.3. The third kappa shape index (κ3) is 4.49. The lowest BCUT2D eigenvalue weighted by Crippen LogP contribution is -2.26. The predicted octanol–water partition coefficient (Wildman–Crippen LogP) is 3.67. The highest BCUT2D eigenvalue weighted by molar-refractivity contribution is 6.21. The highest BCUT2D eigenvalue weighted by Crippen LogP contribution is 2.29. The second kappa shape index (κ2) is 9.18. The van der Waals surface area contributed by atoms with Crippen molar-refractivity contribution in [1.82, 2.24) is 4.90 Å². The molecule has 10 heteroatoms. The van der Waals surface area contributed by atoms with Crippen LogP contribution in [0, 0.1) is 17.0 Å². The molecule has 1 unspecified atom stereocenters. The van der Waals surface area contributed by atoms with E-state index in [1.54, 1.807) is 43.3 Å². The molecule has 10 nitrogen and oxygen atoms in total. The number of fused-ring (bicyclic) bond motifs is 1. The van der Waals surface area contributed by atoms with E-state index in [0.29, 0.717) is 11.1 Å². The van der Waals surface area contributed by atoms with E-state index in [1.807, 2.05) is 0 Å². The Labute approximate surface area is 199 Å². The van der Waals surface area contributed by atoms with Gasteiger partial charge in [0.15, 0.2) is 0 Å². The maximum Gasteiger partial charge on any atom is 0.339 e. The number of ether oxygens (including phenoxy) is 1. The average Bonchev–Trinajstić information content (AvgIpc) is 3.07. The molecule has 3 aromatic rings. The van der Waals surface area contributed by atoms with Crippen molar-refractivity contribution in [3.8, 4) is 0 Å². The lowest BCUT2D eigenvalue weighted by atomic mass is 10.1. The molecule has 1 N–H and O–H groups in total. The van der Waals surface area contributed by atoms with Gasteiger partial charge in [-0.2, -0.15) is 0 Å². The van der Waals surface area contributed by atoms with Crippen LogP contribution in [0.15, 0.2) is 66.7 Å². The van der Waals surface area contributed by atoms with Gasteiger partial charge in [-0.25, -0.2) is 4.79 Å². The van der Waals surface area contributed by atoms with Crippen molar-refractivity contribution in [3.05, 3.63) is 105 Å². The Morgan fingerprint density at radius 1 is 0.971 bits per heavy atom. The average molecular weight is 473 g/mol. The summed E-state index contributed by atoms with van der Waals surface area (Å²) in [5, 5.41) is 13.9. The predicted molar refractivity (Wildman–Crippen MR) is 124 cm³/mol. The number of amides is 3. The Kier molecular flexibility index (Phi) is 6.11. The van der Waals surface area contributed by atoms with Crippen LogP contribution in [0.5, 0.6) is 0 Å². The first kappa shape index (κ1) is 23.3. The highest BCUT2D eigenvalue weighted by atomic mass is 16.6. The van der Waals surface area contributed by atoms with Gasteiger partial charge in [0.1, 0.15) is 5.69 Å². The van der Waals surface area contributed by atoms with Crippen LogP contribution in [0.4, 0.5) is 11.4 Å². The molecule has 1 heterocycles. The summed E-state index contributed by atoms with van der Waals surface area (Å²) in [5.74, 6) is -2.75. The summed E-state index contributed by atoms with van der Waals surface area (Å²) in [5.41, 5.74) is 0.808. The number of rotatable bonds is 6. The van der Waals surface area contributed by atoms with Crippen molar-refractivity contribution in [3.63, 3.8) is 0 Å². The first-order valence-electron chi connectivity index (χ1n) is 10.5. The number of nitrogens with one attached hydrogen (secondary N) is 1. The number of benzene rings is 3. The molecule has 0 spiro atoms. The zero-order valence-electron chi connectivity index (χ0n) is 18.7. The fraction of sp³-hybridized carbons (Fsp3) is 0.120. The molecule has 0 aromatic heterocycles. The molecule has 35 heavy (non-hydrogen) atoms. The highest BCUT2D eigenvalue weighted by Gasteiger charge is 2.34. The van der Waals surface area contributed by atoms with Crippen molar-refractivity contribution in [2.45, 2.75) is 13.0 Å². The molecular weight excluding hydrogens is 454 g/mol. The monoisotopic (exact) mass is 473 g/mol. The van der Waals surface area contributed by atoms with Gasteiger partial charge in [-0.05, 0) is 36.8 Å². The number of carbonyl (C=O) groups is 4. The standard InChI is InChI=1S/C25H19N3O7/c1-14-8-11-19(20(12-14)28(33)34)26-22(29)21(15-6-4-3-5-7-15)35-25(32)16-9-10-17-18(13-16)24(31)27(2)23(17)30/h3-13,21H,1-2H3,(H,26,29). The fourth-order valence-electron chi connectivity index (χ4n) is 3.66. The molecule has 3 aromatic carbocycles. The van der Waals surface area contributed by atoms with Crippen LogP contribution >= 0.6 is 0 Å². The number of hydrogen-bond acceptors (Lipinski definition) is 7. The second-order valence-corrected chi connectivity index (χ2v) is 7.89. The second-order valence-electron chi connectivity index (χ2n) is 7.89. The minimum atomic E-state index is -1.45. The largest absolute Gasteiger partial charge is 0.444 e. The van der Waals surface area contributed by atoms with Gasteiger partial charge < -0.3 is 10.1 Å². The van der Waals surface area contributed by atoms with Crippen molar-refractivity contribution < 1.29 is 28.8 Å². The summed E-state index contributed by atoms with van der Waals surface area (Å²) in [6.07, 6.45) is -1.45. The zero-order valence-corrected chi connectivity index (χ0v) is 18.7. The third-order valence-electron chi connectivity index (χ3n) is 5.50. The molecule has 1 aliphatic rings. The summed E-state index contributed by atoms with van der Waals surface area (Å²) in [4.78, 5) is 62.2. The van der Waals surface area contributed by atoms with Crippen LogP contribution in [0.2, 0.25) is 0 Å². The topological polar surface area (TPSA) is 136 Å². The van der Waals surface area contributed by atoms with Gasteiger partial charge in [0, 0.05) is 18.7 Å². The molecule has 3 amide bonds. The first-order chi connectivity index (χ1) is 16.7. The lowest BCUT2D eigenvalue weighted by Gasteiger charge is -2.18. The number of imide groups is 1. The maximum absolute atomic E-state index is 13.1. The van der Waals surface area contributed by atoms with Crippen molar-refractivity contribution >= 4 is 35.1 Å². The molecule has 0 saturated carbocycles. The van der Waals surface area contributed by atoms with E-state index < -0.39 is 34.7 Å². The number of carbonyl (C=O) groups excluding carboxylic acids is 4. The van der Waals surface area contributed by atoms with E-state index in [2.05, 4.69) is 5.32 Å². The van der Waals surface area contributed by atoms with Crippen molar-refractivity contribution in [2.75, 3.05) is 12.4 Å². The minimum absolute atomic E-state index is 0.0322. The van der Waals surface area contributed by atoms with Crippen molar-refractivity contribution in [2.24, 2.45) is 0 Å². The Morgan fingerprint density at radius 3 is 2.34 bits per heavy atom. The number of nitro groups is 1. The summed E-state index contributed by atoms with van der Waals surface area (Å²) < 4.78 is 5.50. The van der Waals surface area contributed by atoms with E-state index >= 15 is 0 Å². The van der Waals surface area contributed by atoms with Crippen LogP contribution in [0.3, 0.4) is 0 Å². The van der Waals surface area contributed by atoms with Gasteiger partial charge >= 0.3 is 5.97 Å². The quantitative estimate of drug-likeness (QED) is 0.250. The molecule has 0 bridgehead atoms. The molecular formula is C25H19N3O7. The summed E-state index contributed by atoms with van der Waals surface area (Å²) in [6.45, 7) is 1.68. The third-order valence-corrected chi connectivity index (χ3v) is 5.50. The van der Waals surface area contributed by atoms with Gasteiger partial charge in [0.2, 0.25) is 6.10 Å². The van der Waals surface area contributed by atoms with Gasteiger partial charge in [0.05, 0.1) is 21.6 Å². The van der Waals surface area contributed by atoms with Gasteiger partial charge in [-0.1, -0.05) is 36.4 Å². The Balaban J connectivity index is 1.63. The number of anilines is 1. The molecule has 0 saturated heterocycles. The molecule has 0 aliphatic carbocycles. The number of nitrogens with zero attached hydrogens (tertiary/aromatic N) is 2. The normalized spacial score (nSPS) is 13.3. The molecule has 1 atom stereocenters.